The van der Waals surface area contributed by atoms with Crippen LogP contribution in [0, 0.1) is 0 Å². The minimum absolute atomic E-state index is 0.382. The first-order valence-electron chi connectivity index (χ1n) is 3.73. The SMILES string of the molecule is CCCC(C)c1nc(Cl)ns1. The van der Waals surface area contributed by atoms with Gasteiger partial charge in [0.2, 0.25) is 5.28 Å². The Morgan fingerprint density at radius 3 is 2.82 bits per heavy atom. The van der Waals surface area contributed by atoms with Gasteiger partial charge >= 0.3 is 0 Å². The average Bonchev–Trinajstić information content (AvgIpc) is 2.36. The van der Waals surface area contributed by atoms with E-state index < -0.39 is 0 Å². The molecule has 0 bridgehead atoms. The summed E-state index contributed by atoms with van der Waals surface area (Å²) in [4.78, 5) is 4.10. The molecule has 0 N–H and O–H groups in total. The van der Waals surface area contributed by atoms with Gasteiger partial charge in [-0.2, -0.15) is 4.37 Å². The van der Waals surface area contributed by atoms with E-state index in [2.05, 4.69) is 23.2 Å². The second kappa shape index (κ2) is 4.02. The Morgan fingerprint density at radius 2 is 2.36 bits per heavy atom. The molecule has 1 rings (SSSR count). The van der Waals surface area contributed by atoms with Crippen molar-refractivity contribution in [3.05, 3.63) is 10.3 Å². The number of rotatable bonds is 3. The molecule has 1 unspecified atom stereocenters. The molecule has 1 atom stereocenters. The maximum absolute atomic E-state index is 5.59. The van der Waals surface area contributed by atoms with Crippen molar-refractivity contribution in [3.63, 3.8) is 0 Å². The highest BCUT2D eigenvalue weighted by atomic mass is 35.5. The van der Waals surface area contributed by atoms with E-state index in [-0.39, 0.29) is 0 Å². The number of nitrogens with zero attached hydrogens (tertiary/aromatic N) is 2. The van der Waals surface area contributed by atoms with E-state index >= 15 is 0 Å². The van der Waals surface area contributed by atoms with Gasteiger partial charge in [0.05, 0.1) is 0 Å². The lowest BCUT2D eigenvalue weighted by molar-refractivity contribution is 0.660. The second-order valence-corrected chi connectivity index (χ2v) is 3.71. The smallest absolute Gasteiger partial charge is 0.209 e. The molecule has 1 aromatic heterocycles. The van der Waals surface area contributed by atoms with Crippen LogP contribution < -0.4 is 0 Å². The summed E-state index contributed by atoms with van der Waals surface area (Å²) in [6, 6.07) is 0. The van der Waals surface area contributed by atoms with Crippen molar-refractivity contribution in [2.75, 3.05) is 0 Å². The highest BCUT2D eigenvalue weighted by Crippen LogP contribution is 2.22. The number of halogens is 1. The summed E-state index contributed by atoms with van der Waals surface area (Å²) >= 11 is 7.00. The predicted molar refractivity (Wildman–Crippen MR) is 48.2 cm³/mol. The molecule has 0 fully saturated rings. The average molecular weight is 191 g/mol. The van der Waals surface area contributed by atoms with Crippen LogP contribution in [0.15, 0.2) is 0 Å². The monoisotopic (exact) mass is 190 g/mol. The Labute approximate surface area is 75.8 Å². The third-order valence-electron chi connectivity index (χ3n) is 1.56. The van der Waals surface area contributed by atoms with Gasteiger partial charge in [0.25, 0.3) is 0 Å². The number of hydrogen-bond acceptors (Lipinski definition) is 3. The highest BCUT2D eigenvalue weighted by molar-refractivity contribution is 7.05. The van der Waals surface area contributed by atoms with Crippen LogP contribution in [-0.2, 0) is 0 Å². The Morgan fingerprint density at radius 1 is 1.64 bits per heavy atom. The van der Waals surface area contributed by atoms with E-state index in [1.54, 1.807) is 0 Å². The van der Waals surface area contributed by atoms with Gasteiger partial charge in [0.15, 0.2) is 0 Å². The molecule has 2 nitrogen and oxygen atoms in total. The van der Waals surface area contributed by atoms with E-state index in [1.807, 2.05) is 0 Å². The maximum atomic E-state index is 5.59. The number of aromatic nitrogens is 2. The van der Waals surface area contributed by atoms with Gasteiger partial charge in [-0.3, -0.25) is 0 Å². The molecule has 1 heterocycles. The van der Waals surface area contributed by atoms with Crippen molar-refractivity contribution in [2.45, 2.75) is 32.6 Å². The zero-order valence-corrected chi connectivity index (χ0v) is 8.24. The van der Waals surface area contributed by atoms with Crippen LogP contribution in [0.5, 0.6) is 0 Å². The van der Waals surface area contributed by atoms with Crippen molar-refractivity contribution in [1.29, 1.82) is 0 Å². The zero-order valence-electron chi connectivity index (χ0n) is 6.67. The van der Waals surface area contributed by atoms with Gasteiger partial charge in [-0.15, -0.1) is 0 Å². The minimum atomic E-state index is 0.382. The predicted octanol–water partition coefficient (Wildman–Crippen LogP) is 3.10. The molecule has 0 aliphatic heterocycles. The molecule has 0 radical (unpaired) electrons. The van der Waals surface area contributed by atoms with Crippen LogP contribution in [0.3, 0.4) is 0 Å². The lowest BCUT2D eigenvalue weighted by Gasteiger charge is -2.02. The fourth-order valence-corrected chi connectivity index (χ4v) is 1.85. The summed E-state index contributed by atoms with van der Waals surface area (Å²) in [5.74, 6) is 0.505. The zero-order chi connectivity index (χ0) is 8.27. The molecule has 0 saturated carbocycles. The van der Waals surface area contributed by atoms with Gasteiger partial charge in [0, 0.05) is 5.92 Å². The molecule has 0 aliphatic rings. The lowest BCUT2D eigenvalue weighted by atomic mass is 10.1. The largest absolute Gasteiger partial charge is 0.234 e. The van der Waals surface area contributed by atoms with Crippen molar-refractivity contribution >= 4 is 23.1 Å². The molecule has 0 aromatic carbocycles. The molecule has 0 spiro atoms. The maximum Gasteiger partial charge on any atom is 0.234 e. The van der Waals surface area contributed by atoms with Gasteiger partial charge in [-0.05, 0) is 29.6 Å². The molecule has 1 aromatic rings. The summed E-state index contributed by atoms with van der Waals surface area (Å²) in [6.07, 6.45) is 2.34. The summed E-state index contributed by atoms with van der Waals surface area (Å²) in [6.45, 7) is 4.32. The van der Waals surface area contributed by atoms with Crippen molar-refractivity contribution in [3.8, 4) is 0 Å². The molecule has 0 saturated heterocycles. The summed E-state index contributed by atoms with van der Waals surface area (Å²) in [5.41, 5.74) is 0. The molecule has 0 aliphatic carbocycles. The van der Waals surface area contributed by atoms with E-state index in [4.69, 9.17) is 11.6 Å². The fraction of sp³-hybridized carbons (Fsp3) is 0.714. The molecular formula is C7H11ClN2S. The van der Waals surface area contributed by atoms with Gasteiger partial charge < -0.3 is 0 Å². The first-order valence-corrected chi connectivity index (χ1v) is 4.88. The highest BCUT2D eigenvalue weighted by Gasteiger charge is 2.09. The van der Waals surface area contributed by atoms with Gasteiger partial charge in [0.1, 0.15) is 5.01 Å². The van der Waals surface area contributed by atoms with Crippen LogP contribution in [0.25, 0.3) is 0 Å². The summed E-state index contributed by atoms with van der Waals surface area (Å²) in [5, 5.41) is 1.44. The van der Waals surface area contributed by atoms with Crippen LogP contribution >= 0.6 is 23.1 Å². The van der Waals surface area contributed by atoms with E-state index in [9.17, 15) is 0 Å². The van der Waals surface area contributed by atoms with Crippen LogP contribution in [0.2, 0.25) is 5.28 Å². The Kier molecular flexibility index (Phi) is 3.27. The second-order valence-electron chi connectivity index (χ2n) is 2.59. The van der Waals surface area contributed by atoms with Crippen LogP contribution in [0.4, 0.5) is 0 Å². The summed E-state index contributed by atoms with van der Waals surface area (Å²) < 4.78 is 3.92. The Hall–Kier alpha value is -0.150. The third kappa shape index (κ3) is 2.42. The minimum Gasteiger partial charge on any atom is -0.209 e. The van der Waals surface area contributed by atoms with Gasteiger partial charge in [-0.1, -0.05) is 20.3 Å². The van der Waals surface area contributed by atoms with Crippen molar-refractivity contribution < 1.29 is 0 Å². The Balaban J connectivity index is 2.60. The normalized spacial score (nSPS) is 13.4. The lowest BCUT2D eigenvalue weighted by Crippen LogP contribution is -1.90. The first-order chi connectivity index (χ1) is 5.24. The van der Waals surface area contributed by atoms with Crippen molar-refractivity contribution in [2.24, 2.45) is 0 Å². The van der Waals surface area contributed by atoms with Crippen LogP contribution in [0.1, 0.15) is 37.6 Å². The van der Waals surface area contributed by atoms with E-state index in [0.29, 0.717) is 11.2 Å². The molecule has 62 valence electrons. The first kappa shape index (κ1) is 8.94. The fourth-order valence-electron chi connectivity index (χ4n) is 0.973. The standard InChI is InChI=1S/C7H11ClN2S/c1-3-4-5(2)6-9-7(8)10-11-6/h5H,3-4H2,1-2H3. The molecular weight excluding hydrogens is 180 g/mol. The van der Waals surface area contributed by atoms with Crippen molar-refractivity contribution in [1.82, 2.24) is 9.36 Å². The van der Waals surface area contributed by atoms with E-state index in [0.717, 1.165) is 11.4 Å². The topological polar surface area (TPSA) is 25.8 Å². The van der Waals surface area contributed by atoms with E-state index in [1.165, 1.54) is 18.0 Å². The quantitative estimate of drug-likeness (QED) is 0.732. The summed E-state index contributed by atoms with van der Waals surface area (Å²) in [7, 11) is 0. The number of hydrogen-bond donors (Lipinski definition) is 0. The molecule has 11 heavy (non-hydrogen) atoms. The van der Waals surface area contributed by atoms with Crippen LogP contribution in [-0.4, -0.2) is 9.36 Å². The Bertz CT molecular complexity index is 224. The van der Waals surface area contributed by atoms with Gasteiger partial charge in [-0.25, -0.2) is 4.98 Å². The molecule has 4 heteroatoms. The third-order valence-corrected chi connectivity index (χ3v) is 2.77. The molecule has 0 amide bonds.